The molecule has 1 rings (SSSR count). The topological polar surface area (TPSA) is 55.6 Å². The molecule has 0 atom stereocenters. The number of nitrogens with zero attached hydrogens (tertiary/aromatic N) is 1. The highest BCUT2D eigenvalue weighted by Gasteiger charge is 2.41. The summed E-state index contributed by atoms with van der Waals surface area (Å²) < 4.78 is 5.33. The van der Waals surface area contributed by atoms with Crippen LogP contribution in [-0.4, -0.2) is 43.2 Å². The van der Waals surface area contributed by atoms with Crippen LogP contribution in [-0.2, 0) is 9.53 Å². The van der Waals surface area contributed by atoms with Gasteiger partial charge in [-0.1, -0.05) is 6.08 Å². The average Bonchev–Trinajstić information content (AvgIpc) is 2.35. The lowest BCUT2D eigenvalue weighted by Crippen LogP contribution is -2.52. The zero-order chi connectivity index (χ0) is 12.9. The summed E-state index contributed by atoms with van der Waals surface area (Å²) in [5, 5.41) is 0. The summed E-state index contributed by atoms with van der Waals surface area (Å²) in [7, 11) is 0. The molecule has 1 saturated heterocycles. The van der Waals surface area contributed by atoms with E-state index in [0.29, 0.717) is 26.3 Å². The quantitative estimate of drug-likeness (QED) is 0.734. The molecule has 1 aliphatic heterocycles. The predicted octanol–water partition coefficient (Wildman–Crippen LogP) is 1.16. The maximum Gasteiger partial charge on any atom is 0.230 e. The van der Waals surface area contributed by atoms with E-state index in [9.17, 15) is 4.79 Å². The lowest BCUT2D eigenvalue weighted by atomic mass is 9.78. The second kappa shape index (κ2) is 6.17. The van der Waals surface area contributed by atoms with Crippen LogP contribution in [0.1, 0.15) is 26.7 Å². The summed E-state index contributed by atoms with van der Waals surface area (Å²) in [6, 6.07) is 0.173. The SMILES string of the molecule is C=CCN(C(=O)C1(CN)CCOCC1)C(C)C. The monoisotopic (exact) mass is 240 g/mol. The average molecular weight is 240 g/mol. The van der Waals surface area contributed by atoms with Crippen molar-refractivity contribution in [2.75, 3.05) is 26.3 Å². The van der Waals surface area contributed by atoms with Gasteiger partial charge in [0.15, 0.2) is 0 Å². The molecule has 1 amide bonds. The Bertz CT molecular complexity index is 271. The molecule has 0 saturated carbocycles. The van der Waals surface area contributed by atoms with E-state index in [0.717, 1.165) is 12.8 Å². The normalized spacial score (nSPS) is 19.1. The number of hydrogen-bond acceptors (Lipinski definition) is 3. The molecule has 1 fully saturated rings. The fraction of sp³-hybridized carbons (Fsp3) is 0.769. The molecule has 2 N–H and O–H groups in total. The molecule has 0 aromatic carbocycles. The van der Waals surface area contributed by atoms with Gasteiger partial charge in [0.25, 0.3) is 0 Å². The summed E-state index contributed by atoms with van der Waals surface area (Å²) in [6.07, 6.45) is 3.22. The zero-order valence-corrected chi connectivity index (χ0v) is 10.9. The molecule has 4 nitrogen and oxygen atoms in total. The summed E-state index contributed by atoms with van der Waals surface area (Å²) in [5.74, 6) is 0.151. The van der Waals surface area contributed by atoms with Crippen molar-refractivity contribution in [1.29, 1.82) is 0 Å². The Labute approximate surface area is 104 Å². The van der Waals surface area contributed by atoms with Gasteiger partial charge in [0, 0.05) is 32.3 Å². The van der Waals surface area contributed by atoms with Crippen LogP contribution in [0, 0.1) is 5.41 Å². The van der Waals surface area contributed by atoms with Crippen molar-refractivity contribution in [3.05, 3.63) is 12.7 Å². The summed E-state index contributed by atoms with van der Waals surface area (Å²) in [4.78, 5) is 14.5. The van der Waals surface area contributed by atoms with Gasteiger partial charge in [0.05, 0.1) is 5.41 Å². The van der Waals surface area contributed by atoms with E-state index in [1.54, 1.807) is 6.08 Å². The second-order valence-electron chi connectivity index (χ2n) is 4.94. The highest BCUT2D eigenvalue weighted by Crippen LogP contribution is 2.32. The molecule has 0 bridgehead atoms. The third-order valence-corrected chi connectivity index (χ3v) is 3.50. The van der Waals surface area contributed by atoms with Crippen LogP contribution >= 0.6 is 0 Å². The van der Waals surface area contributed by atoms with Crippen molar-refractivity contribution in [3.8, 4) is 0 Å². The van der Waals surface area contributed by atoms with Crippen molar-refractivity contribution < 1.29 is 9.53 Å². The van der Waals surface area contributed by atoms with Gasteiger partial charge >= 0.3 is 0 Å². The molecular weight excluding hydrogens is 216 g/mol. The summed E-state index contributed by atoms with van der Waals surface area (Å²) in [5.41, 5.74) is 5.42. The molecule has 0 radical (unpaired) electrons. The molecule has 0 unspecified atom stereocenters. The van der Waals surface area contributed by atoms with Crippen molar-refractivity contribution in [3.63, 3.8) is 0 Å². The van der Waals surface area contributed by atoms with Crippen LogP contribution in [0.15, 0.2) is 12.7 Å². The van der Waals surface area contributed by atoms with E-state index in [-0.39, 0.29) is 11.9 Å². The van der Waals surface area contributed by atoms with Gasteiger partial charge in [-0.15, -0.1) is 6.58 Å². The second-order valence-corrected chi connectivity index (χ2v) is 4.94. The Morgan fingerprint density at radius 1 is 1.53 bits per heavy atom. The minimum absolute atomic E-state index is 0.151. The van der Waals surface area contributed by atoms with Crippen molar-refractivity contribution in [1.82, 2.24) is 4.90 Å². The molecule has 98 valence electrons. The number of hydrogen-bond donors (Lipinski definition) is 1. The Balaban J connectivity index is 2.85. The van der Waals surface area contributed by atoms with Crippen LogP contribution in [0.4, 0.5) is 0 Å². The molecule has 0 aromatic heterocycles. The third-order valence-electron chi connectivity index (χ3n) is 3.50. The Morgan fingerprint density at radius 2 is 2.12 bits per heavy atom. The molecule has 1 heterocycles. The van der Waals surface area contributed by atoms with Gasteiger partial charge in [-0.05, 0) is 26.7 Å². The largest absolute Gasteiger partial charge is 0.381 e. The van der Waals surface area contributed by atoms with Gasteiger partial charge in [0.2, 0.25) is 5.91 Å². The van der Waals surface area contributed by atoms with E-state index in [1.807, 2.05) is 18.7 Å². The highest BCUT2D eigenvalue weighted by atomic mass is 16.5. The number of rotatable bonds is 5. The van der Waals surface area contributed by atoms with E-state index >= 15 is 0 Å². The lowest BCUT2D eigenvalue weighted by molar-refractivity contribution is -0.148. The van der Waals surface area contributed by atoms with Crippen molar-refractivity contribution in [2.45, 2.75) is 32.7 Å². The van der Waals surface area contributed by atoms with Crippen LogP contribution < -0.4 is 5.73 Å². The first-order valence-corrected chi connectivity index (χ1v) is 6.27. The maximum absolute atomic E-state index is 12.6. The van der Waals surface area contributed by atoms with Crippen molar-refractivity contribution >= 4 is 5.91 Å². The number of amides is 1. The Morgan fingerprint density at radius 3 is 2.53 bits per heavy atom. The first-order valence-electron chi connectivity index (χ1n) is 6.27. The molecule has 0 aliphatic carbocycles. The Kier molecular flexibility index (Phi) is 5.15. The molecule has 0 spiro atoms. The lowest BCUT2D eigenvalue weighted by Gasteiger charge is -2.40. The van der Waals surface area contributed by atoms with E-state index < -0.39 is 5.41 Å². The van der Waals surface area contributed by atoms with Gasteiger partial charge < -0.3 is 15.4 Å². The minimum Gasteiger partial charge on any atom is -0.381 e. The van der Waals surface area contributed by atoms with Crippen LogP contribution in [0.3, 0.4) is 0 Å². The van der Waals surface area contributed by atoms with Crippen LogP contribution in [0.25, 0.3) is 0 Å². The number of nitrogens with two attached hydrogens (primary N) is 1. The molecule has 4 heteroatoms. The fourth-order valence-corrected chi connectivity index (χ4v) is 2.24. The number of carbonyl (C=O) groups excluding carboxylic acids is 1. The van der Waals surface area contributed by atoms with Gasteiger partial charge in [-0.25, -0.2) is 0 Å². The van der Waals surface area contributed by atoms with E-state index in [4.69, 9.17) is 10.5 Å². The number of ether oxygens (including phenoxy) is 1. The maximum atomic E-state index is 12.6. The molecule has 17 heavy (non-hydrogen) atoms. The highest BCUT2D eigenvalue weighted by molar-refractivity contribution is 5.83. The van der Waals surface area contributed by atoms with Crippen LogP contribution in [0.5, 0.6) is 0 Å². The zero-order valence-electron chi connectivity index (χ0n) is 10.9. The molecule has 0 aromatic rings. The van der Waals surface area contributed by atoms with E-state index in [1.165, 1.54) is 0 Å². The third kappa shape index (κ3) is 3.07. The first kappa shape index (κ1) is 14.2. The molecule has 1 aliphatic rings. The first-order chi connectivity index (χ1) is 8.07. The van der Waals surface area contributed by atoms with Crippen LogP contribution in [0.2, 0.25) is 0 Å². The predicted molar refractivity (Wildman–Crippen MR) is 68.6 cm³/mol. The van der Waals surface area contributed by atoms with Gasteiger partial charge in [-0.2, -0.15) is 0 Å². The summed E-state index contributed by atoms with van der Waals surface area (Å²) >= 11 is 0. The standard InChI is InChI=1S/C13H24N2O2/c1-4-7-15(11(2)3)12(16)13(10-14)5-8-17-9-6-13/h4,11H,1,5-10,14H2,2-3H3. The van der Waals surface area contributed by atoms with Gasteiger partial charge in [-0.3, -0.25) is 4.79 Å². The molecular formula is C13H24N2O2. The van der Waals surface area contributed by atoms with Crippen molar-refractivity contribution in [2.24, 2.45) is 11.1 Å². The summed E-state index contributed by atoms with van der Waals surface area (Å²) in [6.45, 7) is 9.98. The Hall–Kier alpha value is -0.870. The smallest absolute Gasteiger partial charge is 0.230 e. The minimum atomic E-state index is -0.425. The van der Waals surface area contributed by atoms with E-state index in [2.05, 4.69) is 6.58 Å². The van der Waals surface area contributed by atoms with Gasteiger partial charge in [0.1, 0.15) is 0 Å². The number of carbonyl (C=O) groups is 1. The fourth-order valence-electron chi connectivity index (χ4n) is 2.24.